The van der Waals surface area contributed by atoms with Crippen molar-refractivity contribution in [1.29, 1.82) is 0 Å². The number of hydrogen-bond acceptors (Lipinski definition) is 6. The molecule has 2 aromatic heterocycles. The van der Waals surface area contributed by atoms with Crippen LogP contribution < -0.4 is 10.6 Å². The van der Waals surface area contributed by atoms with Crippen LogP contribution in [-0.2, 0) is 0 Å². The Labute approximate surface area is 117 Å². The third-order valence-electron chi connectivity index (χ3n) is 3.14. The third-order valence-corrected chi connectivity index (χ3v) is 3.95. The van der Waals surface area contributed by atoms with E-state index in [0.717, 1.165) is 22.6 Å². The van der Waals surface area contributed by atoms with Crippen molar-refractivity contribution in [3.63, 3.8) is 0 Å². The lowest BCUT2D eigenvalue weighted by Crippen LogP contribution is -2.42. The highest BCUT2D eigenvalue weighted by Crippen LogP contribution is 2.29. The Balaban J connectivity index is 2.43. The molecule has 0 spiro atoms. The Hall–Kier alpha value is -1.40. The summed E-state index contributed by atoms with van der Waals surface area (Å²) in [7, 11) is 0. The van der Waals surface area contributed by atoms with Crippen LogP contribution in [-0.4, -0.2) is 33.3 Å². The predicted octanol–water partition coefficient (Wildman–Crippen LogP) is 2.69. The van der Waals surface area contributed by atoms with Crippen molar-refractivity contribution < 1.29 is 5.11 Å². The summed E-state index contributed by atoms with van der Waals surface area (Å²) in [5, 5.41) is 19.2. The largest absolute Gasteiger partial charge is 0.391 e. The highest BCUT2D eigenvalue weighted by atomic mass is 32.1. The zero-order chi connectivity index (χ0) is 14.0. The van der Waals surface area contributed by atoms with Gasteiger partial charge in [0.2, 0.25) is 5.95 Å². The molecule has 19 heavy (non-hydrogen) atoms. The maximum atomic E-state index is 9.82. The van der Waals surface area contributed by atoms with Gasteiger partial charge in [0, 0.05) is 6.54 Å². The van der Waals surface area contributed by atoms with Crippen molar-refractivity contribution in [3.8, 4) is 0 Å². The minimum atomic E-state index is -0.487. The van der Waals surface area contributed by atoms with Crippen LogP contribution in [0.2, 0.25) is 0 Å². The molecule has 0 saturated carbocycles. The van der Waals surface area contributed by atoms with Gasteiger partial charge in [-0.25, -0.2) is 4.98 Å². The van der Waals surface area contributed by atoms with Crippen LogP contribution in [0.3, 0.4) is 0 Å². The van der Waals surface area contributed by atoms with Crippen LogP contribution in [0.15, 0.2) is 11.4 Å². The minimum Gasteiger partial charge on any atom is -0.391 e. The second-order valence-corrected chi connectivity index (χ2v) is 5.98. The van der Waals surface area contributed by atoms with E-state index < -0.39 is 11.6 Å². The van der Waals surface area contributed by atoms with Gasteiger partial charge in [-0.2, -0.15) is 4.98 Å². The Bertz CT molecular complexity index is 565. The zero-order valence-corrected chi connectivity index (χ0v) is 12.5. The van der Waals surface area contributed by atoms with Gasteiger partial charge < -0.3 is 15.7 Å². The van der Waals surface area contributed by atoms with E-state index in [2.05, 4.69) is 20.6 Å². The molecule has 3 N–H and O–H groups in total. The molecule has 5 nitrogen and oxygen atoms in total. The number of anilines is 2. The van der Waals surface area contributed by atoms with Gasteiger partial charge in [0.25, 0.3) is 0 Å². The number of aliphatic hydroxyl groups excluding tert-OH is 1. The van der Waals surface area contributed by atoms with Gasteiger partial charge in [-0.15, -0.1) is 11.3 Å². The number of nitrogens with one attached hydrogen (secondary N) is 2. The lowest BCUT2D eigenvalue weighted by molar-refractivity contribution is 0.133. The molecule has 6 heteroatoms. The van der Waals surface area contributed by atoms with Gasteiger partial charge in [-0.05, 0) is 39.1 Å². The molecule has 2 heterocycles. The predicted molar refractivity (Wildman–Crippen MR) is 81.0 cm³/mol. The first-order valence-electron chi connectivity index (χ1n) is 6.39. The molecule has 0 aliphatic heterocycles. The molecule has 0 aliphatic rings. The van der Waals surface area contributed by atoms with Crippen molar-refractivity contribution in [1.82, 2.24) is 9.97 Å². The second-order valence-electron chi connectivity index (χ2n) is 5.09. The zero-order valence-electron chi connectivity index (χ0n) is 11.7. The van der Waals surface area contributed by atoms with Gasteiger partial charge in [-0.1, -0.05) is 0 Å². The van der Waals surface area contributed by atoms with Crippen molar-refractivity contribution >= 4 is 33.3 Å². The monoisotopic (exact) mass is 280 g/mol. The summed E-state index contributed by atoms with van der Waals surface area (Å²) in [5.74, 6) is 1.37. The van der Waals surface area contributed by atoms with E-state index in [1.807, 2.05) is 32.2 Å². The maximum absolute atomic E-state index is 9.82. The number of aromatic nitrogens is 2. The number of aliphatic hydroxyl groups is 1. The molecule has 2 aromatic rings. The lowest BCUT2D eigenvalue weighted by Gasteiger charge is -2.30. The van der Waals surface area contributed by atoms with Gasteiger partial charge in [-0.3, -0.25) is 0 Å². The van der Waals surface area contributed by atoms with E-state index in [1.54, 1.807) is 18.3 Å². The molecule has 0 radical (unpaired) electrons. The average Bonchev–Trinajstić information content (AvgIpc) is 2.77. The van der Waals surface area contributed by atoms with Gasteiger partial charge in [0.1, 0.15) is 10.6 Å². The maximum Gasteiger partial charge on any atom is 0.226 e. The van der Waals surface area contributed by atoms with Gasteiger partial charge in [0.15, 0.2) is 0 Å². The molecule has 0 aliphatic carbocycles. The molecule has 2 rings (SSSR count). The fourth-order valence-corrected chi connectivity index (χ4v) is 2.36. The first-order chi connectivity index (χ1) is 8.94. The van der Waals surface area contributed by atoms with E-state index in [0.29, 0.717) is 5.95 Å². The first-order valence-corrected chi connectivity index (χ1v) is 7.27. The molecular formula is C13H20N4OS. The van der Waals surface area contributed by atoms with E-state index in [9.17, 15) is 5.11 Å². The van der Waals surface area contributed by atoms with Gasteiger partial charge >= 0.3 is 0 Å². The lowest BCUT2D eigenvalue weighted by atomic mass is 9.99. The Morgan fingerprint density at radius 2 is 2.16 bits per heavy atom. The van der Waals surface area contributed by atoms with Crippen LogP contribution in [0, 0.1) is 0 Å². The summed E-state index contributed by atoms with van der Waals surface area (Å²) in [6.07, 6.45) is -0.487. The Morgan fingerprint density at radius 3 is 2.79 bits per heavy atom. The minimum absolute atomic E-state index is 0.452. The number of hydrogen-bond donors (Lipinski definition) is 3. The van der Waals surface area contributed by atoms with Gasteiger partial charge in [0.05, 0.1) is 17.0 Å². The number of nitrogens with zero attached hydrogens (tertiary/aromatic N) is 2. The average molecular weight is 280 g/mol. The highest BCUT2D eigenvalue weighted by Gasteiger charge is 2.25. The standard InChI is InChI=1S/C13H20N4OS/c1-5-14-12-15-10(17-13(3,4)8(2)18)9-6-7-19-11(9)16-12/h6-8,18H,5H2,1-4H3,(H2,14,15,16,17). The van der Waals surface area contributed by atoms with Crippen LogP contribution in [0.1, 0.15) is 27.7 Å². The summed E-state index contributed by atoms with van der Waals surface area (Å²) in [5.41, 5.74) is -0.452. The number of thiophene rings is 1. The Kier molecular flexibility index (Phi) is 3.91. The first kappa shape index (κ1) is 14.0. The Morgan fingerprint density at radius 1 is 1.42 bits per heavy atom. The van der Waals surface area contributed by atoms with Crippen LogP contribution in [0.4, 0.5) is 11.8 Å². The summed E-state index contributed by atoms with van der Waals surface area (Å²) in [6.45, 7) is 8.45. The fraction of sp³-hybridized carbons (Fsp3) is 0.538. The number of rotatable bonds is 5. The smallest absolute Gasteiger partial charge is 0.226 e. The summed E-state index contributed by atoms with van der Waals surface area (Å²) >= 11 is 1.58. The van der Waals surface area contributed by atoms with Crippen molar-refractivity contribution in [3.05, 3.63) is 11.4 Å². The molecule has 0 fully saturated rings. The molecular weight excluding hydrogens is 260 g/mol. The van der Waals surface area contributed by atoms with Crippen LogP contribution in [0.5, 0.6) is 0 Å². The SMILES string of the molecule is CCNc1nc(NC(C)(C)C(C)O)c2ccsc2n1. The van der Waals surface area contributed by atoms with E-state index in [1.165, 1.54) is 0 Å². The normalized spacial score (nSPS) is 13.5. The molecule has 1 atom stereocenters. The van der Waals surface area contributed by atoms with Crippen molar-refractivity contribution in [2.75, 3.05) is 17.2 Å². The second kappa shape index (κ2) is 5.30. The highest BCUT2D eigenvalue weighted by molar-refractivity contribution is 7.16. The van der Waals surface area contributed by atoms with Crippen molar-refractivity contribution in [2.24, 2.45) is 0 Å². The summed E-state index contributed by atoms with van der Waals surface area (Å²) in [6, 6.07) is 2.00. The topological polar surface area (TPSA) is 70.1 Å². The molecule has 0 saturated heterocycles. The fourth-order valence-electron chi connectivity index (χ4n) is 1.60. The van der Waals surface area contributed by atoms with Crippen LogP contribution >= 0.6 is 11.3 Å². The molecule has 1 unspecified atom stereocenters. The molecule has 0 amide bonds. The number of fused-ring (bicyclic) bond motifs is 1. The van der Waals surface area contributed by atoms with E-state index >= 15 is 0 Å². The van der Waals surface area contributed by atoms with Crippen LogP contribution in [0.25, 0.3) is 10.2 Å². The summed E-state index contributed by atoms with van der Waals surface area (Å²) < 4.78 is 0. The summed E-state index contributed by atoms with van der Waals surface area (Å²) in [4.78, 5) is 9.89. The van der Waals surface area contributed by atoms with Crippen molar-refractivity contribution in [2.45, 2.75) is 39.3 Å². The molecule has 0 bridgehead atoms. The molecule has 0 aromatic carbocycles. The third kappa shape index (κ3) is 2.96. The van der Waals surface area contributed by atoms with E-state index in [4.69, 9.17) is 0 Å². The molecule has 104 valence electrons. The quantitative estimate of drug-likeness (QED) is 0.785. The van der Waals surface area contributed by atoms with E-state index in [-0.39, 0.29) is 0 Å².